The minimum Gasteiger partial charge on any atom is -0.342 e. The van der Waals surface area contributed by atoms with Crippen LogP contribution in [0.2, 0.25) is 0 Å². The highest BCUT2D eigenvalue weighted by molar-refractivity contribution is 5.85. The quantitative estimate of drug-likeness (QED) is 0.744. The van der Waals surface area contributed by atoms with E-state index in [0.717, 1.165) is 38.9 Å². The van der Waals surface area contributed by atoms with Gasteiger partial charge in [0, 0.05) is 45.7 Å². The molecule has 0 radical (unpaired) electrons. The van der Waals surface area contributed by atoms with Crippen LogP contribution < -0.4 is 5.32 Å². The van der Waals surface area contributed by atoms with E-state index in [9.17, 15) is 18.4 Å². The van der Waals surface area contributed by atoms with E-state index in [2.05, 4.69) is 10.2 Å². The zero-order valence-electron chi connectivity index (χ0n) is 14.8. The van der Waals surface area contributed by atoms with Crippen molar-refractivity contribution in [2.45, 2.75) is 37.6 Å². The molecule has 0 aromatic carbocycles. The second kappa shape index (κ2) is 10.0. The molecule has 3 aliphatic rings. The summed E-state index contributed by atoms with van der Waals surface area (Å²) < 4.78 is 26.5. The maximum Gasteiger partial charge on any atom is 0.262 e. The van der Waals surface area contributed by atoms with E-state index in [0.29, 0.717) is 26.2 Å². The number of carbonyl (C=O) groups is 2. The molecule has 1 N–H and O–H groups in total. The molecule has 0 aromatic heterocycles. The van der Waals surface area contributed by atoms with Gasteiger partial charge in [0.1, 0.15) is 0 Å². The molecular weight excluding hydrogens is 389 g/mol. The third kappa shape index (κ3) is 5.90. The van der Waals surface area contributed by atoms with Gasteiger partial charge in [-0.25, -0.2) is 8.78 Å². The Labute approximate surface area is 165 Å². The fourth-order valence-electron chi connectivity index (χ4n) is 3.72. The number of hydrogen-bond donors (Lipinski definition) is 1. The van der Waals surface area contributed by atoms with Crippen molar-refractivity contribution < 1.29 is 18.4 Å². The molecule has 0 aliphatic carbocycles. The van der Waals surface area contributed by atoms with Gasteiger partial charge in [-0.05, 0) is 19.3 Å². The van der Waals surface area contributed by atoms with Gasteiger partial charge < -0.3 is 9.80 Å². The first kappa shape index (κ1) is 23.3. The summed E-state index contributed by atoms with van der Waals surface area (Å²) in [5.41, 5.74) is 0. The van der Waals surface area contributed by atoms with Crippen LogP contribution in [-0.2, 0) is 9.59 Å². The molecular formula is C16H28Cl2F2N4O2. The molecule has 152 valence electrons. The molecule has 0 aromatic rings. The molecule has 10 heteroatoms. The molecule has 0 spiro atoms. The number of likely N-dealkylation sites (tertiary alicyclic amines) is 1. The summed E-state index contributed by atoms with van der Waals surface area (Å²) in [6.45, 7) is 4.10. The number of nitrogens with zero attached hydrogens (tertiary/aromatic N) is 3. The van der Waals surface area contributed by atoms with Crippen molar-refractivity contribution in [1.82, 2.24) is 20.0 Å². The summed E-state index contributed by atoms with van der Waals surface area (Å²) in [5, 5.41) is 2.63. The van der Waals surface area contributed by atoms with Crippen molar-refractivity contribution in [2.24, 2.45) is 0 Å². The predicted octanol–water partition coefficient (Wildman–Crippen LogP) is 0.984. The van der Waals surface area contributed by atoms with Crippen LogP contribution in [0, 0.1) is 0 Å². The molecule has 26 heavy (non-hydrogen) atoms. The largest absolute Gasteiger partial charge is 0.342 e. The zero-order valence-corrected chi connectivity index (χ0v) is 16.4. The number of hydrogen-bond acceptors (Lipinski definition) is 4. The van der Waals surface area contributed by atoms with Gasteiger partial charge >= 0.3 is 0 Å². The summed E-state index contributed by atoms with van der Waals surface area (Å²) >= 11 is 0. The van der Waals surface area contributed by atoms with Gasteiger partial charge in [-0.15, -0.1) is 24.8 Å². The van der Waals surface area contributed by atoms with E-state index in [-0.39, 0.29) is 36.6 Å². The first-order chi connectivity index (χ1) is 11.4. The molecule has 0 saturated carbocycles. The minimum absolute atomic E-state index is 0. The Morgan fingerprint density at radius 1 is 0.923 bits per heavy atom. The number of nitrogens with one attached hydrogen (secondary N) is 1. The molecule has 3 rings (SSSR count). The molecule has 6 nitrogen and oxygen atoms in total. The molecule has 3 saturated heterocycles. The van der Waals surface area contributed by atoms with E-state index in [1.54, 1.807) is 4.90 Å². The third-order valence-electron chi connectivity index (χ3n) is 5.13. The van der Waals surface area contributed by atoms with Gasteiger partial charge in [-0.2, -0.15) is 0 Å². The van der Waals surface area contributed by atoms with Crippen LogP contribution in [0.3, 0.4) is 0 Å². The van der Waals surface area contributed by atoms with Crippen LogP contribution in [0.15, 0.2) is 0 Å². The normalized spacial score (nSPS) is 26.0. The minimum atomic E-state index is -2.79. The molecule has 0 bridgehead atoms. The van der Waals surface area contributed by atoms with E-state index in [1.807, 2.05) is 4.90 Å². The van der Waals surface area contributed by atoms with Gasteiger partial charge in [0.25, 0.3) is 5.92 Å². The number of rotatable bonds is 3. The number of alkyl halides is 2. The van der Waals surface area contributed by atoms with Crippen molar-refractivity contribution in [3.05, 3.63) is 0 Å². The smallest absolute Gasteiger partial charge is 0.262 e. The Morgan fingerprint density at radius 3 is 2.19 bits per heavy atom. The van der Waals surface area contributed by atoms with E-state index >= 15 is 0 Å². The Kier molecular flexibility index (Phi) is 8.99. The topological polar surface area (TPSA) is 55.9 Å². The van der Waals surface area contributed by atoms with Crippen molar-refractivity contribution in [1.29, 1.82) is 0 Å². The monoisotopic (exact) mass is 416 g/mol. The van der Waals surface area contributed by atoms with Crippen molar-refractivity contribution in [3.63, 3.8) is 0 Å². The van der Waals surface area contributed by atoms with Crippen LogP contribution in [-0.4, -0.2) is 90.8 Å². The van der Waals surface area contributed by atoms with Gasteiger partial charge in [0.15, 0.2) is 0 Å². The summed E-state index contributed by atoms with van der Waals surface area (Å²) in [6, 6.07) is -0.780. The first-order valence-corrected chi connectivity index (χ1v) is 8.85. The van der Waals surface area contributed by atoms with Crippen LogP contribution in [0.1, 0.15) is 25.7 Å². The predicted molar refractivity (Wildman–Crippen MR) is 99.3 cm³/mol. The summed E-state index contributed by atoms with van der Waals surface area (Å²) in [4.78, 5) is 30.3. The molecule has 3 fully saturated rings. The first-order valence-electron chi connectivity index (χ1n) is 8.85. The fourth-order valence-corrected chi connectivity index (χ4v) is 3.72. The Hall–Kier alpha value is -0.700. The lowest BCUT2D eigenvalue weighted by molar-refractivity contribution is -0.133. The summed E-state index contributed by atoms with van der Waals surface area (Å²) in [6.07, 6.45) is 2.50. The van der Waals surface area contributed by atoms with Crippen LogP contribution in [0.25, 0.3) is 0 Å². The zero-order chi connectivity index (χ0) is 17.2. The van der Waals surface area contributed by atoms with Gasteiger partial charge in [-0.3, -0.25) is 19.8 Å². The maximum absolute atomic E-state index is 13.3. The highest BCUT2D eigenvalue weighted by Crippen LogP contribution is 2.26. The highest BCUT2D eigenvalue weighted by Gasteiger charge is 2.43. The van der Waals surface area contributed by atoms with Crippen LogP contribution >= 0.6 is 24.8 Å². The Bertz CT molecular complexity index is 493. The van der Waals surface area contributed by atoms with Crippen molar-refractivity contribution in [2.75, 3.05) is 52.4 Å². The molecule has 3 aliphatic heterocycles. The Balaban J connectivity index is 0.00000169. The van der Waals surface area contributed by atoms with E-state index in [4.69, 9.17) is 0 Å². The SMILES string of the molecule is Cl.Cl.O=C(CN1CCCN(C(=O)C2CC(F)(F)CN2)CC1)N1CCCC1. The van der Waals surface area contributed by atoms with Gasteiger partial charge in [0.2, 0.25) is 11.8 Å². The standard InChI is InChI=1S/C16H26F2N4O2.2ClH/c17-16(18)10-13(19-12-16)15(24)22-7-3-4-20(8-9-22)11-14(23)21-5-1-2-6-21;;/h13,19H,1-12H2;2*1H. The average Bonchev–Trinajstić information content (AvgIpc) is 3.13. The van der Waals surface area contributed by atoms with Crippen LogP contribution in [0.5, 0.6) is 0 Å². The molecule has 1 unspecified atom stereocenters. The fraction of sp³-hybridized carbons (Fsp3) is 0.875. The highest BCUT2D eigenvalue weighted by atomic mass is 35.5. The second-order valence-electron chi connectivity index (χ2n) is 7.04. The lowest BCUT2D eigenvalue weighted by atomic mass is 10.1. The van der Waals surface area contributed by atoms with Crippen molar-refractivity contribution >= 4 is 36.6 Å². The molecule has 2 amide bonds. The van der Waals surface area contributed by atoms with E-state index < -0.39 is 24.9 Å². The second-order valence-corrected chi connectivity index (χ2v) is 7.04. The van der Waals surface area contributed by atoms with Crippen molar-refractivity contribution in [3.8, 4) is 0 Å². The molecule has 1 atom stereocenters. The Morgan fingerprint density at radius 2 is 1.58 bits per heavy atom. The lowest BCUT2D eigenvalue weighted by Gasteiger charge is -2.25. The summed E-state index contributed by atoms with van der Waals surface area (Å²) in [5.74, 6) is -2.87. The maximum atomic E-state index is 13.3. The lowest BCUT2D eigenvalue weighted by Crippen LogP contribution is -2.45. The van der Waals surface area contributed by atoms with E-state index in [1.165, 1.54) is 0 Å². The van der Waals surface area contributed by atoms with Gasteiger partial charge in [0.05, 0.1) is 19.1 Å². The average molecular weight is 417 g/mol. The molecule has 3 heterocycles. The number of amides is 2. The third-order valence-corrected chi connectivity index (χ3v) is 5.13. The summed E-state index contributed by atoms with van der Waals surface area (Å²) in [7, 11) is 0. The number of carbonyl (C=O) groups excluding carboxylic acids is 2. The van der Waals surface area contributed by atoms with Crippen LogP contribution in [0.4, 0.5) is 8.78 Å². The number of halogens is 4. The van der Waals surface area contributed by atoms with Gasteiger partial charge in [-0.1, -0.05) is 0 Å².